The molecule has 0 aliphatic heterocycles. The van der Waals surface area contributed by atoms with Gasteiger partial charge in [0.1, 0.15) is 17.3 Å². The average molecular weight is 486 g/mol. The van der Waals surface area contributed by atoms with Gasteiger partial charge in [-0.15, -0.1) is 0 Å². The molecule has 0 unspecified atom stereocenters. The van der Waals surface area contributed by atoms with E-state index in [9.17, 15) is 9.50 Å². The number of aliphatic hydroxyl groups is 1. The lowest BCUT2D eigenvalue weighted by atomic mass is 10.1. The van der Waals surface area contributed by atoms with Crippen LogP contribution in [0.5, 0.6) is 11.6 Å². The van der Waals surface area contributed by atoms with E-state index in [0.29, 0.717) is 37.9 Å². The number of nitrogens with zero attached hydrogens (tertiary/aromatic N) is 3. The minimum absolute atomic E-state index is 0.220. The second kappa shape index (κ2) is 12.3. The van der Waals surface area contributed by atoms with Crippen molar-refractivity contribution in [1.82, 2.24) is 14.7 Å². The largest absolute Gasteiger partial charge is 0.439 e. The molecule has 0 bridgehead atoms. The van der Waals surface area contributed by atoms with Crippen LogP contribution in [0.2, 0.25) is 0 Å². The zero-order valence-corrected chi connectivity index (χ0v) is 21.2. The monoisotopic (exact) mass is 485 g/mol. The topological polar surface area (TPSA) is 69.0 Å². The first kappa shape index (κ1) is 26.8. The van der Waals surface area contributed by atoms with E-state index >= 15 is 0 Å². The molecule has 0 amide bonds. The van der Waals surface area contributed by atoms with Crippen molar-refractivity contribution in [2.24, 2.45) is 7.05 Å². The predicted octanol–water partition coefficient (Wildman–Crippen LogP) is 4.64. The van der Waals surface area contributed by atoms with E-state index in [4.69, 9.17) is 19.3 Å². The Morgan fingerprint density at radius 1 is 1.11 bits per heavy atom. The van der Waals surface area contributed by atoms with Gasteiger partial charge in [0.2, 0.25) is 5.88 Å². The Kier molecular flexibility index (Phi) is 9.40. The van der Waals surface area contributed by atoms with Gasteiger partial charge in [0, 0.05) is 45.4 Å². The first-order valence-corrected chi connectivity index (χ1v) is 11.7. The molecule has 3 rings (SSSR count). The van der Waals surface area contributed by atoms with Crippen LogP contribution in [-0.4, -0.2) is 64.9 Å². The Hall–Kier alpha value is -2.78. The summed E-state index contributed by atoms with van der Waals surface area (Å²) in [5, 5.41) is 15.4. The molecule has 0 spiro atoms. The Morgan fingerprint density at radius 3 is 2.51 bits per heavy atom. The number of hydrogen-bond donors (Lipinski definition) is 1. The fourth-order valence-electron chi connectivity index (χ4n) is 3.67. The van der Waals surface area contributed by atoms with Gasteiger partial charge in [-0.25, -0.2) is 9.07 Å². The summed E-state index contributed by atoms with van der Waals surface area (Å²) in [5.41, 5.74) is 2.20. The number of halogens is 1. The van der Waals surface area contributed by atoms with Crippen molar-refractivity contribution >= 4 is 0 Å². The Balaban J connectivity index is 1.93. The van der Waals surface area contributed by atoms with Gasteiger partial charge in [-0.1, -0.05) is 36.4 Å². The highest BCUT2D eigenvalue weighted by atomic mass is 19.1. The minimum Gasteiger partial charge on any atom is -0.439 e. The molecule has 3 aromatic rings. The van der Waals surface area contributed by atoms with E-state index in [1.165, 1.54) is 12.1 Å². The van der Waals surface area contributed by atoms with Crippen LogP contribution in [0.25, 0.3) is 11.3 Å². The maximum Gasteiger partial charge on any atom is 0.222 e. The third-order valence-corrected chi connectivity index (χ3v) is 5.32. The van der Waals surface area contributed by atoms with Crippen molar-refractivity contribution in [3.63, 3.8) is 0 Å². The third kappa shape index (κ3) is 8.14. The number of ether oxygens (including phenoxy) is 3. The highest BCUT2D eigenvalue weighted by Crippen LogP contribution is 2.34. The number of hydrogen-bond acceptors (Lipinski definition) is 6. The second-order valence-electron chi connectivity index (χ2n) is 9.49. The first-order valence-electron chi connectivity index (χ1n) is 11.7. The van der Waals surface area contributed by atoms with Gasteiger partial charge in [0.25, 0.3) is 0 Å². The second-order valence-corrected chi connectivity index (χ2v) is 9.49. The molecule has 1 aromatic heterocycles. The maximum atomic E-state index is 13.8. The van der Waals surface area contributed by atoms with Crippen LogP contribution in [0.3, 0.4) is 0 Å². The number of rotatable bonds is 12. The van der Waals surface area contributed by atoms with Gasteiger partial charge >= 0.3 is 0 Å². The van der Waals surface area contributed by atoms with Crippen LogP contribution >= 0.6 is 0 Å². The fraction of sp³-hybridized carbons (Fsp3) is 0.444. The van der Waals surface area contributed by atoms with Crippen molar-refractivity contribution in [1.29, 1.82) is 0 Å². The summed E-state index contributed by atoms with van der Waals surface area (Å²) in [6.45, 7) is 8.00. The lowest BCUT2D eigenvalue weighted by Gasteiger charge is -2.27. The van der Waals surface area contributed by atoms with Crippen LogP contribution in [0.15, 0.2) is 54.6 Å². The van der Waals surface area contributed by atoms with E-state index in [1.807, 2.05) is 51.1 Å². The van der Waals surface area contributed by atoms with E-state index in [0.717, 1.165) is 16.8 Å². The summed E-state index contributed by atoms with van der Waals surface area (Å²) in [7, 11) is 3.45. The summed E-state index contributed by atoms with van der Waals surface area (Å²) in [6.07, 6.45) is -0.685. The molecule has 0 radical (unpaired) electrons. The van der Waals surface area contributed by atoms with Crippen molar-refractivity contribution in [2.75, 3.05) is 33.4 Å². The molecule has 1 N–H and O–H groups in total. The number of aliphatic hydroxyl groups excluding tert-OH is 1. The van der Waals surface area contributed by atoms with E-state index < -0.39 is 6.10 Å². The number of benzene rings is 2. The summed E-state index contributed by atoms with van der Waals surface area (Å²) < 4.78 is 32.7. The molecular weight excluding hydrogens is 449 g/mol. The molecule has 0 aliphatic carbocycles. The van der Waals surface area contributed by atoms with Crippen LogP contribution in [0.4, 0.5) is 4.39 Å². The highest BCUT2D eigenvalue weighted by Gasteiger charge is 2.24. The molecule has 0 aliphatic rings. The number of methoxy groups -OCH3 is 1. The zero-order chi connectivity index (χ0) is 25.4. The van der Waals surface area contributed by atoms with Crippen LogP contribution in [-0.2, 0) is 23.1 Å². The number of aryl methyl sites for hydroxylation is 1. The molecule has 35 heavy (non-hydrogen) atoms. The molecule has 1 atom stereocenters. The van der Waals surface area contributed by atoms with Gasteiger partial charge in [-0.3, -0.25) is 4.90 Å². The van der Waals surface area contributed by atoms with E-state index in [2.05, 4.69) is 4.90 Å². The van der Waals surface area contributed by atoms with Gasteiger partial charge in [0.05, 0.1) is 30.5 Å². The Bertz CT molecular complexity index is 1070. The lowest BCUT2D eigenvalue weighted by molar-refractivity contribution is -0.0576. The molecule has 7 nitrogen and oxygen atoms in total. The smallest absolute Gasteiger partial charge is 0.222 e. The molecule has 1 heterocycles. The quantitative estimate of drug-likeness (QED) is 0.403. The first-order chi connectivity index (χ1) is 16.7. The molecule has 8 heteroatoms. The molecule has 190 valence electrons. The van der Waals surface area contributed by atoms with Crippen molar-refractivity contribution < 1.29 is 23.7 Å². The van der Waals surface area contributed by atoms with Gasteiger partial charge in [0.15, 0.2) is 0 Å². The average Bonchev–Trinajstić information content (AvgIpc) is 3.11. The molecule has 0 saturated heterocycles. The fourth-order valence-corrected chi connectivity index (χ4v) is 3.67. The van der Waals surface area contributed by atoms with Crippen LogP contribution in [0, 0.1) is 5.82 Å². The Morgan fingerprint density at radius 2 is 1.86 bits per heavy atom. The summed E-state index contributed by atoms with van der Waals surface area (Å²) in [6, 6.07) is 15.9. The SMILES string of the molecule is COCCN(Cc1c(-c2ccccc2)nn(C)c1Oc1cccc(F)c1)C[C@@H](O)COC(C)(C)C. The highest BCUT2D eigenvalue weighted by molar-refractivity contribution is 5.65. The van der Waals surface area contributed by atoms with Crippen molar-refractivity contribution in [3.8, 4) is 22.9 Å². The lowest BCUT2D eigenvalue weighted by Crippen LogP contribution is -2.38. The summed E-state index contributed by atoms with van der Waals surface area (Å²) >= 11 is 0. The third-order valence-electron chi connectivity index (χ3n) is 5.32. The normalized spacial score (nSPS) is 12.8. The Labute approximate surface area is 207 Å². The van der Waals surface area contributed by atoms with Crippen LogP contribution < -0.4 is 4.74 Å². The maximum absolute atomic E-state index is 13.8. The molecule has 2 aromatic carbocycles. The van der Waals surface area contributed by atoms with Crippen LogP contribution in [0.1, 0.15) is 26.3 Å². The number of aromatic nitrogens is 2. The van der Waals surface area contributed by atoms with E-state index in [1.54, 1.807) is 31.0 Å². The van der Waals surface area contributed by atoms with Crippen molar-refractivity contribution in [3.05, 3.63) is 66.0 Å². The molecule has 0 saturated carbocycles. The van der Waals surface area contributed by atoms with Gasteiger partial charge in [-0.2, -0.15) is 5.10 Å². The van der Waals surface area contributed by atoms with E-state index in [-0.39, 0.29) is 18.0 Å². The van der Waals surface area contributed by atoms with Gasteiger partial charge in [-0.05, 0) is 32.9 Å². The summed E-state index contributed by atoms with van der Waals surface area (Å²) in [4.78, 5) is 2.09. The minimum atomic E-state index is -0.685. The zero-order valence-electron chi connectivity index (χ0n) is 21.2. The predicted molar refractivity (Wildman–Crippen MR) is 134 cm³/mol. The summed E-state index contributed by atoms with van der Waals surface area (Å²) in [5.74, 6) is 0.520. The molecular formula is C27H36FN3O4. The van der Waals surface area contributed by atoms with Gasteiger partial charge < -0.3 is 19.3 Å². The molecule has 0 fully saturated rings. The standard InChI is InChI=1S/C27H36FN3O4/c1-27(2,3)34-19-22(32)17-31(14-15-33-5)18-24-25(20-10-7-6-8-11-20)29-30(4)26(24)35-23-13-9-12-21(28)16-23/h6-13,16,22,32H,14-15,17-19H2,1-5H3/t22-/m1/s1. The van der Waals surface area contributed by atoms with Crippen molar-refractivity contribution in [2.45, 2.75) is 39.0 Å².